The second kappa shape index (κ2) is 13.8. The number of ether oxygens (including phenoxy) is 4. The van der Waals surface area contributed by atoms with Crippen molar-refractivity contribution in [1.29, 1.82) is 0 Å². The van der Waals surface area contributed by atoms with Gasteiger partial charge in [0.15, 0.2) is 0 Å². The van der Waals surface area contributed by atoms with Gasteiger partial charge in [-0.05, 0) is 18.4 Å². The van der Waals surface area contributed by atoms with Crippen LogP contribution in [0.25, 0.3) is 0 Å². The highest BCUT2D eigenvalue weighted by molar-refractivity contribution is 5.83. The quantitative estimate of drug-likeness (QED) is 0.342. The third kappa shape index (κ3) is 10.4. The van der Waals surface area contributed by atoms with Gasteiger partial charge in [0.05, 0.1) is 26.9 Å². The van der Waals surface area contributed by atoms with Crippen LogP contribution in [0.3, 0.4) is 0 Å². The minimum atomic E-state index is -0.927. The zero-order valence-electron chi connectivity index (χ0n) is 16.2. The van der Waals surface area contributed by atoms with Crippen LogP contribution in [0.2, 0.25) is 0 Å². The Kier molecular flexibility index (Phi) is 11.6. The molecule has 0 bridgehead atoms. The first kappa shape index (κ1) is 22.7. The molecule has 0 aromatic heterocycles. The van der Waals surface area contributed by atoms with Crippen molar-refractivity contribution in [2.24, 2.45) is 5.92 Å². The van der Waals surface area contributed by atoms with Crippen LogP contribution < -0.4 is 5.32 Å². The van der Waals surface area contributed by atoms with E-state index in [-0.39, 0.29) is 12.5 Å². The van der Waals surface area contributed by atoms with E-state index in [2.05, 4.69) is 5.32 Å². The molecule has 0 fully saturated rings. The van der Waals surface area contributed by atoms with Crippen molar-refractivity contribution in [3.05, 3.63) is 48.0 Å². The molecule has 7 heteroatoms. The Morgan fingerprint density at radius 2 is 1.81 bits per heavy atom. The molecule has 0 aliphatic carbocycles. The number of amides is 1. The molecule has 1 aromatic rings. The molecule has 2 unspecified atom stereocenters. The number of rotatable bonds is 12. The second-order valence-corrected chi connectivity index (χ2v) is 5.84. The molecule has 0 saturated carbocycles. The van der Waals surface area contributed by atoms with E-state index in [1.54, 1.807) is 12.2 Å². The summed E-state index contributed by atoms with van der Waals surface area (Å²) in [6.45, 7) is 6.19. The smallest absolute Gasteiger partial charge is 0.408 e. The lowest BCUT2D eigenvalue weighted by molar-refractivity contribution is -0.141. The summed E-state index contributed by atoms with van der Waals surface area (Å²) in [5.74, 6) is -0.520. The van der Waals surface area contributed by atoms with E-state index < -0.39 is 18.1 Å². The molecule has 0 aliphatic heterocycles. The topological polar surface area (TPSA) is 83.1 Å². The maximum atomic E-state index is 12.0. The average Bonchev–Trinajstić information content (AvgIpc) is 2.69. The van der Waals surface area contributed by atoms with Crippen LogP contribution >= 0.6 is 0 Å². The van der Waals surface area contributed by atoms with Crippen LogP contribution in [0, 0.1) is 5.92 Å². The van der Waals surface area contributed by atoms with E-state index in [9.17, 15) is 9.59 Å². The Bertz CT molecular complexity index is 575. The zero-order chi connectivity index (χ0) is 19.9. The van der Waals surface area contributed by atoms with Gasteiger partial charge in [-0.2, -0.15) is 0 Å². The van der Waals surface area contributed by atoms with Crippen molar-refractivity contribution in [1.82, 2.24) is 5.32 Å². The van der Waals surface area contributed by atoms with E-state index in [0.29, 0.717) is 26.4 Å². The molecule has 150 valence electrons. The molecule has 0 saturated heterocycles. The monoisotopic (exact) mass is 379 g/mol. The van der Waals surface area contributed by atoms with Crippen LogP contribution in [-0.4, -0.2) is 51.6 Å². The first-order chi connectivity index (χ1) is 13.1. The Morgan fingerprint density at radius 1 is 1.11 bits per heavy atom. The summed E-state index contributed by atoms with van der Waals surface area (Å²) in [6, 6.07) is 8.35. The van der Waals surface area contributed by atoms with Crippen molar-refractivity contribution in [3.8, 4) is 0 Å². The first-order valence-corrected chi connectivity index (χ1v) is 8.95. The predicted octanol–water partition coefficient (Wildman–Crippen LogP) is 2.70. The number of benzene rings is 1. The number of carbonyl (C=O) groups excluding carboxylic acids is 2. The Balaban J connectivity index is 2.44. The lowest BCUT2D eigenvalue weighted by Gasteiger charge is -2.14. The number of nitrogens with one attached hydrogen (secondary N) is 1. The van der Waals surface area contributed by atoms with Gasteiger partial charge in [0, 0.05) is 6.61 Å². The molecule has 1 N–H and O–H groups in total. The van der Waals surface area contributed by atoms with Gasteiger partial charge in [0.25, 0.3) is 0 Å². The summed E-state index contributed by atoms with van der Waals surface area (Å²) >= 11 is 0. The Hall–Kier alpha value is -2.38. The molecule has 1 aromatic carbocycles. The van der Waals surface area contributed by atoms with Crippen molar-refractivity contribution in [2.75, 3.05) is 33.5 Å². The SMILES string of the molecule is CCOCCOCC(C)/C=C/C(NC(=O)OCc1ccccc1)C(=O)OC. The lowest BCUT2D eigenvalue weighted by atomic mass is 10.1. The summed E-state index contributed by atoms with van der Waals surface area (Å²) < 4.78 is 20.5. The Labute approximate surface area is 160 Å². The summed E-state index contributed by atoms with van der Waals surface area (Å²) in [5, 5.41) is 2.49. The second-order valence-electron chi connectivity index (χ2n) is 5.84. The summed E-state index contributed by atoms with van der Waals surface area (Å²) in [4.78, 5) is 23.8. The number of carbonyl (C=O) groups is 2. The van der Waals surface area contributed by atoms with Crippen molar-refractivity contribution in [2.45, 2.75) is 26.5 Å². The molecule has 1 rings (SSSR count). The summed E-state index contributed by atoms with van der Waals surface area (Å²) in [5.41, 5.74) is 0.857. The standard InChI is InChI=1S/C20H29NO6/c1-4-25-12-13-26-14-16(2)10-11-18(19(22)24-3)21-20(23)27-15-17-8-6-5-7-9-17/h5-11,16,18H,4,12-15H2,1-3H3,(H,21,23)/b11-10+. The van der Waals surface area contributed by atoms with E-state index in [1.807, 2.05) is 44.2 Å². The molecule has 0 heterocycles. The molecule has 0 radical (unpaired) electrons. The number of alkyl carbamates (subject to hydrolysis) is 1. The minimum absolute atomic E-state index is 0.0564. The minimum Gasteiger partial charge on any atom is -0.467 e. The molecule has 0 aliphatic rings. The fraction of sp³-hybridized carbons (Fsp3) is 0.500. The zero-order valence-corrected chi connectivity index (χ0v) is 16.2. The van der Waals surface area contributed by atoms with Gasteiger partial charge < -0.3 is 24.3 Å². The maximum Gasteiger partial charge on any atom is 0.408 e. The highest BCUT2D eigenvalue weighted by Gasteiger charge is 2.19. The molecular formula is C20H29NO6. The fourth-order valence-electron chi connectivity index (χ4n) is 2.09. The predicted molar refractivity (Wildman–Crippen MR) is 101 cm³/mol. The molecule has 0 spiro atoms. The number of hydrogen-bond acceptors (Lipinski definition) is 6. The van der Waals surface area contributed by atoms with Crippen molar-refractivity contribution >= 4 is 12.1 Å². The molecule has 1 amide bonds. The fourth-order valence-corrected chi connectivity index (χ4v) is 2.09. The van der Waals surface area contributed by atoms with E-state index in [4.69, 9.17) is 18.9 Å². The number of hydrogen-bond donors (Lipinski definition) is 1. The van der Waals surface area contributed by atoms with Crippen LogP contribution in [0.1, 0.15) is 19.4 Å². The van der Waals surface area contributed by atoms with Gasteiger partial charge in [-0.1, -0.05) is 49.4 Å². The summed E-state index contributed by atoms with van der Waals surface area (Å²) in [6.07, 6.45) is 2.67. The Morgan fingerprint density at radius 3 is 2.48 bits per heavy atom. The highest BCUT2D eigenvalue weighted by Crippen LogP contribution is 2.03. The third-order valence-corrected chi connectivity index (χ3v) is 3.53. The van der Waals surface area contributed by atoms with Gasteiger partial charge in [0.1, 0.15) is 12.6 Å². The molecular weight excluding hydrogens is 350 g/mol. The maximum absolute atomic E-state index is 12.0. The molecule has 27 heavy (non-hydrogen) atoms. The van der Waals surface area contributed by atoms with Gasteiger partial charge >= 0.3 is 12.1 Å². The van der Waals surface area contributed by atoms with Crippen LogP contribution in [-0.2, 0) is 30.3 Å². The van der Waals surface area contributed by atoms with Gasteiger partial charge in [0.2, 0.25) is 0 Å². The molecule has 7 nitrogen and oxygen atoms in total. The third-order valence-electron chi connectivity index (χ3n) is 3.53. The van der Waals surface area contributed by atoms with Gasteiger partial charge in [-0.3, -0.25) is 0 Å². The van der Waals surface area contributed by atoms with Crippen LogP contribution in [0.5, 0.6) is 0 Å². The van der Waals surface area contributed by atoms with E-state index in [0.717, 1.165) is 5.56 Å². The van der Waals surface area contributed by atoms with Crippen molar-refractivity contribution < 1.29 is 28.5 Å². The largest absolute Gasteiger partial charge is 0.467 e. The summed E-state index contributed by atoms with van der Waals surface area (Å²) in [7, 11) is 1.26. The highest BCUT2D eigenvalue weighted by atomic mass is 16.6. The number of methoxy groups -OCH3 is 1. The van der Waals surface area contributed by atoms with Gasteiger partial charge in [-0.25, -0.2) is 9.59 Å². The van der Waals surface area contributed by atoms with E-state index in [1.165, 1.54) is 7.11 Å². The van der Waals surface area contributed by atoms with Crippen LogP contribution in [0.15, 0.2) is 42.5 Å². The number of esters is 1. The first-order valence-electron chi connectivity index (χ1n) is 8.95. The lowest BCUT2D eigenvalue weighted by Crippen LogP contribution is -2.40. The van der Waals surface area contributed by atoms with Gasteiger partial charge in [-0.15, -0.1) is 0 Å². The molecule has 2 atom stereocenters. The van der Waals surface area contributed by atoms with Crippen LogP contribution in [0.4, 0.5) is 4.79 Å². The van der Waals surface area contributed by atoms with Crippen molar-refractivity contribution in [3.63, 3.8) is 0 Å². The normalized spacial score (nSPS) is 13.1. The average molecular weight is 379 g/mol. The van der Waals surface area contributed by atoms with E-state index >= 15 is 0 Å².